The maximum absolute atomic E-state index is 10.6. The van der Waals surface area contributed by atoms with Crippen molar-refractivity contribution in [2.75, 3.05) is 0 Å². The molecule has 1 aromatic rings. The lowest BCUT2D eigenvalue weighted by Crippen LogP contribution is -2.13. The van der Waals surface area contributed by atoms with Crippen molar-refractivity contribution in [1.82, 2.24) is 4.57 Å². The van der Waals surface area contributed by atoms with E-state index in [1.165, 1.54) is 12.8 Å². The van der Waals surface area contributed by atoms with Crippen LogP contribution in [0, 0.1) is 5.92 Å². The maximum Gasteiger partial charge on any atom is 0.305 e. The molecule has 70 valence electrons. The second-order valence-electron chi connectivity index (χ2n) is 3.63. The number of nitrogens with zero attached hydrogens (tertiary/aromatic N) is 1. The van der Waals surface area contributed by atoms with Gasteiger partial charge in [0.1, 0.15) is 0 Å². The minimum absolute atomic E-state index is 0.174. The molecule has 1 heterocycles. The number of aliphatic carboxylic acids is 1. The third kappa shape index (κ3) is 1.91. The van der Waals surface area contributed by atoms with Gasteiger partial charge in [-0.3, -0.25) is 4.79 Å². The van der Waals surface area contributed by atoms with E-state index in [4.69, 9.17) is 5.11 Å². The van der Waals surface area contributed by atoms with E-state index in [0.717, 1.165) is 0 Å². The fraction of sp³-hybridized carbons (Fsp3) is 0.500. The van der Waals surface area contributed by atoms with Crippen LogP contribution in [0.1, 0.15) is 25.3 Å². The molecule has 1 aromatic heterocycles. The van der Waals surface area contributed by atoms with Crippen LogP contribution in [0.3, 0.4) is 0 Å². The van der Waals surface area contributed by atoms with Gasteiger partial charge in [0.25, 0.3) is 0 Å². The van der Waals surface area contributed by atoms with Gasteiger partial charge in [-0.15, -0.1) is 0 Å². The molecule has 1 aliphatic rings. The molecule has 3 heteroatoms. The molecule has 3 nitrogen and oxygen atoms in total. The van der Waals surface area contributed by atoms with Crippen molar-refractivity contribution in [3.63, 3.8) is 0 Å². The van der Waals surface area contributed by atoms with E-state index < -0.39 is 5.97 Å². The van der Waals surface area contributed by atoms with Crippen LogP contribution in [0.25, 0.3) is 0 Å². The van der Waals surface area contributed by atoms with Crippen molar-refractivity contribution < 1.29 is 9.90 Å². The van der Waals surface area contributed by atoms with Gasteiger partial charge in [-0.05, 0) is 30.9 Å². The highest BCUT2D eigenvalue weighted by molar-refractivity contribution is 5.67. The maximum atomic E-state index is 10.6. The monoisotopic (exact) mass is 179 g/mol. The molecule has 0 bridgehead atoms. The van der Waals surface area contributed by atoms with Gasteiger partial charge >= 0.3 is 5.97 Å². The van der Waals surface area contributed by atoms with Crippen LogP contribution < -0.4 is 0 Å². The van der Waals surface area contributed by atoms with Crippen LogP contribution in [-0.4, -0.2) is 15.6 Å². The Morgan fingerprint density at radius 2 is 2.08 bits per heavy atom. The number of aromatic nitrogens is 1. The quantitative estimate of drug-likeness (QED) is 0.767. The van der Waals surface area contributed by atoms with Gasteiger partial charge < -0.3 is 9.67 Å². The van der Waals surface area contributed by atoms with E-state index in [1.54, 1.807) is 0 Å². The van der Waals surface area contributed by atoms with Crippen molar-refractivity contribution in [3.8, 4) is 0 Å². The molecule has 1 atom stereocenters. The van der Waals surface area contributed by atoms with Crippen LogP contribution in [0.15, 0.2) is 24.5 Å². The zero-order valence-electron chi connectivity index (χ0n) is 7.39. The first-order chi connectivity index (χ1) is 6.27. The largest absolute Gasteiger partial charge is 0.481 e. The first-order valence-electron chi connectivity index (χ1n) is 4.61. The average molecular weight is 179 g/mol. The fourth-order valence-corrected chi connectivity index (χ4v) is 1.74. The van der Waals surface area contributed by atoms with E-state index >= 15 is 0 Å². The standard InChI is InChI=1S/C10H13NO2/c12-10(13)7-9(8-3-4-8)11-5-1-2-6-11/h1-2,5-6,8-9H,3-4,7H2,(H,12,13). The zero-order valence-corrected chi connectivity index (χ0v) is 7.39. The molecule has 13 heavy (non-hydrogen) atoms. The molecule has 1 saturated carbocycles. The van der Waals surface area contributed by atoms with E-state index in [1.807, 2.05) is 29.1 Å². The van der Waals surface area contributed by atoms with Gasteiger partial charge in [-0.1, -0.05) is 0 Å². The van der Waals surface area contributed by atoms with E-state index in [0.29, 0.717) is 5.92 Å². The summed E-state index contributed by atoms with van der Waals surface area (Å²) in [5, 5.41) is 8.75. The molecular formula is C10H13NO2. The van der Waals surface area contributed by atoms with Gasteiger partial charge in [0, 0.05) is 18.4 Å². The van der Waals surface area contributed by atoms with E-state index in [2.05, 4.69) is 0 Å². The summed E-state index contributed by atoms with van der Waals surface area (Å²) in [7, 11) is 0. The first-order valence-corrected chi connectivity index (χ1v) is 4.61. The van der Waals surface area contributed by atoms with Crippen LogP contribution >= 0.6 is 0 Å². The minimum Gasteiger partial charge on any atom is -0.481 e. The molecule has 0 aliphatic heterocycles. The highest BCUT2D eigenvalue weighted by atomic mass is 16.4. The Kier molecular flexibility index (Phi) is 2.08. The summed E-state index contributed by atoms with van der Waals surface area (Å²) >= 11 is 0. The molecule has 0 amide bonds. The number of carbonyl (C=O) groups is 1. The Balaban J connectivity index is 2.09. The summed E-state index contributed by atoms with van der Waals surface area (Å²) in [6.45, 7) is 0. The summed E-state index contributed by atoms with van der Waals surface area (Å²) in [6.07, 6.45) is 6.50. The third-order valence-corrected chi connectivity index (χ3v) is 2.56. The molecule has 0 radical (unpaired) electrons. The Morgan fingerprint density at radius 3 is 2.54 bits per heavy atom. The molecule has 0 saturated heterocycles. The minimum atomic E-state index is -0.703. The lowest BCUT2D eigenvalue weighted by molar-refractivity contribution is -0.138. The molecule has 1 aliphatic carbocycles. The molecule has 1 N–H and O–H groups in total. The molecular weight excluding hydrogens is 166 g/mol. The smallest absolute Gasteiger partial charge is 0.305 e. The van der Waals surface area contributed by atoms with Crippen LogP contribution in [0.5, 0.6) is 0 Å². The van der Waals surface area contributed by atoms with E-state index in [9.17, 15) is 4.79 Å². The molecule has 1 unspecified atom stereocenters. The van der Waals surface area contributed by atoms with Crippen molar-refractivity contribution in [1.29, 1.82) is 0 Å². The number of hydrogen-bond donors (Lipinski definition) is 1. The average Bonchev–Trinajstić information content (AvgIpc) is 2.77. The van der Waals surface area contributed by atoms with Crippen LogP contribution in [0.2, 0.25) is 0 Å². The second kappa shape index (κ2) is 3.24. The molecule has 2 rings (SSSR count). The van der Waals surface area contributed by atoms with Crippen LogP contribution in [-0.2, 0) is 4.79 Å². The lowest BCUT2D eigenvalue weighted by Gasteiger charge is -2.15. The lowest BCUT2D eigenvalue weighted by atomic mass is 10.1. The Morgan fingerprint density at radius 1 is 1.46 bits per heavy atom. The number of carboxylic acids is 1. The normalized spacial score (nSPS) is 18.5. The SMILES string of the molecule is O=C(O)CC(C1CC1)n1cccc1. The van der Waals surface area contributed by atoms with Gasteiger partial charge in [0.05, 0.1) is 6.42 Å². The summed E-state index contributed by atoms with van der Waals surface area (Å²) in [5.74, 6) is -0.117. The summed E-state index contributed by atoms with van der Waals surface area (Å²) in [6, 6.07) is 4.06. The van der Waals surface area contributed by atoms with Crippen LogP contribution in [0.4, 0.5) is 0 Å². The van der Waals surface area contributed by atoms with Gasteiger partial charge in [-0.25, -0.2) is 0 Å². The molecule has 0 aromatic carbocycles. The first kappa shape index (κ1) is 8.35. The molecule has 0 spiro atoms. The second-order valence-corrected chi connectivity index (χ2v) is 3.63. The predicted octanol–water partition coefficient (Wildman–Crippen LogP) is 1.91. The highest BCUT2D eigenvalue weighted by Gasteiger charge is 2.33. The van der Waals surface area contributed by atoms with Gasteiger partial charge in [0.2, 0.25) is 0 Å². The van der Waals surface area contributed by atoms with Gasteiger partial charge in [-0.2, -0.15) is 0 Å². The number of carboxylic acid groups (broad SMARTS) is 1. The van der Waals surface area contributed by atoms with E-state index in [-0.39, 0.29) is 12.5 Å². The zero-order chi connectivity index (χ0) is 9.26. The number of hydrogen-bond acceptors (Lipinski definition) is 1. The van der Waals surface area contributed by atoms with Crippen molar-refractivity contribution in [2.24, 2.45) is 5.92 Å². The van der Waals surface area contributed by atoms with Crippen molar-refractivity contribution in [3.05, 3.63) is 24.5 Å². The Hall–Kier alpha value is -1.25. The topological polar surface area (TPSA) is 42.2 Å². The third-order valence-electron chi connectivity index (χ3n) is 2.56. The van der Waals surface area contributed by atoms with Gasteiger partial charge in [0.15, 0.2) is 0 Å². The summed E-state index contributed by atoms with van der Waals surface area (Å²) in [5.41, 5.74) is 0. The fourth-order valence-electron chi connectivity index (χ4n) is 1.74. The Labute approximate surface area is 77.0 Å². The highest BCUT2D eigenvalue weighted by Crippen LogP contribution is 2.41. The summed E-state index contributed by atoms with van der Waals surface area (Å²) < 4.78 is 2.02. The predicted molar refractivity (Wildman–Crippen MR) is 48.4 cm³/mol. The van der Waals surface area contributed by atoms with Crippen molar-refractivity contribution >= 4 is 5.97 Å². The number of rotatable bonds is 4. The van der Waals surface area contributed by atoms with Crippen molar-refractivity contribution in [2.45, 2.75) is 25.3 Å². The molecule has 1 fully saturated rings. The Bertz CT molecular complexity index is 288. The summed E-state index contributed by atoms with van der Waals surface area (Å²) in [4.78, 5) is 10.6.